The predicted octanol–water partition coefficient (Wildman–Crippen LogP) is 1.66. The third kappa shape index (κ3) is 3.02. The number of amides is 1. The zero-order valence-corrected chi connectivity index (χ0v) is 13.7. The van der Waals surface area contributed by atoms with Crippen molar-refractivity contribution in [1.82, 2.24) is 5.32 Å². The van der Waals surface area contributed by atoms with Gasteiger partial charge in [-0.3, -0.25) is 15.4 Å². The molecule has 1 amide bonds. The first-order valence-corrected chi connectivity index (χ1v) is 7.62. The van der Waals surface area contributed by atoms with Crippen LogP contribution >= 0.6 is 0 Å². The summed E-state index contributed by atoms with van der Waals surface area (Å²) < 4.78 is 10.2. The maximum absolute atomic E-state index is 12.5. The van der Waals surface area contributed by atoms with Gasteiger partial charge in [-0.1, -0.05) is 12.2 Å². The van der Waals surface area contributed by atoms with Gasteiger partial charge in [0, 0.05) is 16.8 Å². The third-order valence-corrected chi connectivity index (χ3v) is 4.12. The van der Waals surface area contributed by atoms with E-state index in [1.54, 1.807) is 39.8 Å². The van der Waals surface area contributed by atoms with Crippen molar-refractivity contribution in [3.05, 3.63) is 22.3 Å². The Hall–Kier alpha value is -2.12. The summed E-state index contributed by atoms with van der Waals surface area (Å²) in [5.41, 5.74) is -2.50. The molecule has 4 atom stereocenters. The fraction of sp³-hybridized carbons (Fsp3) is 0.733. The number of nitrogens with one attached hydrogen (secondary N) is 1. The van der Waals surface area contributed by atoms with Crippen molar-refractivity contribution >= 4 is 12.1 Å². The molecular formula is C15H22N2O6. The summed E-state index contributed by atoms with van der Waals surface area (Å²) in [6, 6.07) is -1.26. The van der Waals surface area contributed by atoms with E-state index in [9.17, 15) is 19.7 Å². The molecule has 0 aromatic carbocycles. The molecule has 0 spiro atoms. The molecule has 2 aliphatic carbocycles. The Kier molecular flexibility index (Phi) is 4.37. The Morgan fingerprint density at radius 3 is 2.57 bits per heavy atom. The molecule has 0 heterocycles. The summed E-state index contributed by atoms with van der Waals surface area (Å²) in [5, 5.41) is 14.0. The number of nitrogens with zero attached hydrogens (tertiary/aromatic N) is 1. The molecule has 8 heteroatoms. The minimum atomic E-state index is -1.72. The van der Waals surface area contributed by atoms with Gasteiger partial charge >= 0.3 is 12.1 Å². The van der Waals surface area contributed by atoms with Gasteiger partial charge in [-0.05, 0) is 34.1 Å². The van der Waals surface area contributed by atoms with E-state index in [4.69, 9.17) is 9.47 Å². The van der Waals surface area contributed by atoms with Crippen molar-refractivity contribution in [3.8, 4) is 0 Å². The molecule has 2 bridgehead atoms. The van der Waals surface area contributed by atoms with E-state index in [2.05, 4.69) is 5.32 Å². The maximum atomic E-state index is 12.5. The lowest BCUT2D eigenvalue weighted by Gasteiger charge is -2.35. The van der Waals surface area contributed by atoms with Crippen LogP contribution < -0.4 is 5.32 Å². The standard InChI is InChI=1S/C15H22N2O6/c1-5-22-12(18)15(16-13(19)23-14(2,3)4)10-7-6-9(8-10)11(15)17(20)21/h6-7,9-11H,5,8H2,1-4H3,(H,16,19)/t9-,10+,11-,15+/m1/s1. The molecule has 1 saturated carbocycles. The van der Waals surface area contributed by atoms with Crippen LogP contribution in [0.5, 0.6) is 0 Å². The summed E-state index contributed by atoms with van der Waals surface area (Å²) in [6.07, 6.45) is 3.03. The fourth-order valence-electron chi connectivity index (χ4n) is 3.39. The number of rotatable bonds is 4. The van der Waals surface area contributed by atoms with Crippen molar-refractivity contribution in [2.24, 2.45) is 11.8 Å². The largest absolute Gasteiger partial charge is 0.464 e. The van der Waals surface area contributed by atoms with Gasteiger partial charge in [0.2, 0.25) is 5.54 Å². The quantitative estimate of drug-likeness (QED) is 0.364. The Labute approximate surface area is 134 Å². The predicted molar refractivity (Wildman–Crippen MR) is 80.3 cm³/mol. The second kappa shape index (κ2) is 5.82. The van der Waals surface area contributed by atoms with Crippen molar-refractivity contribution in [1.29, 1.82) is 0 Å². The van der Waals surface area contributed by atoms with E-state index in [0.717, 1.165) is 0 Å². The van der Waals surface area contributed by atoms with Crippen LogP contribution in [0.25, 0.3) is 0 Å². The molecule has 0 aromatic rings. The molecule has 0 unspecified atom stereocenters. The zero-order chi connectivity index (χ0) is 17.4. The Morgan fingerprint density at radius 2 is 2.04 bits per heavy atom. The number of nitro groups is 1. The monoisotopic (exact) mass is 326 g/mol. The lowest BCUT2D eigenvalue weighted by atomic mass is 9.80. The normalized spacial score (nSPS) is 31.7. The SMILES string of the molecule is CCOC(=O)[C@]1(NC(=O)OC(C)(C)C)[C@H]2C=C[C@H](C2)[C@H]1[N+](=O)[O-]. The smallest absolute Gasteiger partial charge is 0.408 e. The highest BCUT2D eigenvalue weighted by Gasteiger charge is 2.69. The molecule has 0 saturated heterocycles. The molecule has 0 aromatic heterocycles. The summed E-state index contributed by atoms with van der Waals surface area (Å²) in [7, 11) is 0. The number of carbonyl (C=O) groups excluding carboxylic acids is 2. The van der Waals surface area contributed by atoms with E-state index in [1.807, 2.05) is 0 Å². The van der Waals surface area contributed by atoms with Gasteiger partial charge < -0.3 is 9.47 Å². The number of fused-ring (bicyclic) bond motifs is 2. The third-order valence-electron chi connectivity index (χ3n) is 4.12. The van der Waals surface area contributed by atoms with Crippen LogP contribution in [0.2, 0.25) is 0 Å². The molecule has 8 nitrogen and oxygen atoms in total. The molecule has 2 rings (SSSR count). The zero-order valence-electron chi connectivity index (χ0n) is 13.7. The molecule has 1 N–H and O–H groups in total. The lowest BCUT2D eigenvalue weighted by Crippen LogP contribution is -2.67. The van der Waals surface area contributed by atoms with Crippen LogP contribution in [0.3, 0.4) is 0 Å². The second-order valence-electron chi connectivity index (χ2n) is 6.84. The highest BCUT2D eigenvalue weighted by molar-refractivity contribution is 5.88. The molecule has 23 heavy (non-hydrogen) atoms. The topological polar surface area (TPSA) is 108 Å². The van der Waals surface area contributed by atoms with Gasteiger partial charge in [0.25, 0.3) is 6.04 Å². The highest BCUT2D eigenvalue weighted by atomic mass is 16.6. The first-order chi connectivity index (χ1) is 10.6. The van der Waals surface area contributed by atoms with Crippen molar-refractivity contribution < 1.29 is 24.0 Å². The van der Waals surface area contributed by atoms with Crippen LogP contribution in [-0.4, -0.2) is 40.8 Å². The molecular weight excluding hydrogens is 304 g/mol. The first-order valence-electron chi connectivity index (χ1n) is 7.62. The number of alkyl carbamates (subject to hydrolysis) is 1. The van der Waals surface area contributed by atoms with Crippen molar-refractivity contribution in [3.63, 3.8) is 0 Å². The number of carbonyl (C=O) groups is 2. The summed E-state index contributed by atoms with van der Waals surface area (Å²) in [5.74, 6) is -1.67. The van der Waals surface area contributed by atoms with E-state index >= 15 is 0 Å². The summed E-state index contributed by atoms with van der Waals surface area (Å²) in [4.78, 5) is 35.8. The maximum Gasteiger partial charge on any atom is 0.408 e. The number of ether oxygens (including phenoxy) is 2. The van der Waals surface area contributed by atoms with Gasteiger partial charge in [0.15, 0.2) is 0 Å². The second-order valence-corrected chi connectivity index (χ2v) is 6.84. The van der Waals surface area contributed by atoms with E-state index in [0.29, 0.717) is 6.42 Å². The minimum Gasteiger partial charge on any atom is -0.464 e. The van der Waals surface area contributed by atoms with Crippen LogP contribution in [0.4, 0.5) is 4.79 Å². The molecule has 2 aliphatic rings. The van der Waals surface area contributed by atoms with Gasteiger partial charge in [-0.15, -0.1) is 0 Å². The van der Waals surface area contributed by atoms with Gasteiger partial charge in [-0.2, -0.15) is 0 Å². The van der Waals surface area contributed by atoms with Crippen molar-refractivity contribution in [2.45, 2.75) is 51.3 Å². The van der Waals surface area contributed by atoms with E-state index in [1.165, 1.54) is 0 Å². The lowest BCUT2D eigenvalue weighted by molar-refractivity contribution is -0.535. The molecule has 0 radical (unpaired) electrons. The van der Waals surface area contributed by atoms with Crippen LogP contribution in [-0.2, 0) is 14.3 Å². The first kappa shape index (κ1) is 17.2. The van der Waals surface area contributed by atoms with Crippen LogP contribution in [0.15, 0.2) is 12.2 Å². The minimum absolute atomic E-state index is 0.0715. The van der Waals surface area contributed by atoms with Crippen LogP contribution in [0.1, 0.15) is 34.1 Å². The average molecular weight is 326 g/mol. The number of esters is 1. The molecule has 0 aliphatic heterocycles. The Balaban J connectivity index is 2.37. The van der Waals surface area contributed by atoms with Crippen molar-refractivity contribution in [2.75, 3.05) is 6.61 Å². The number of hydrogen-bond acceptors (Lipinski definition) is 6. The molecule has 128 valence electrons. The highest BCUT2D eigenvalue weighted by Crippen LogP contribution is 2.48. The molecule has 1 fully saturated rings. The fourth-order valence-corrected chi connectivity index (χ4v) is 3.39. The van der Waals surface area contributed by atoms with Gasteiger partial charge in [-0.25, -0.2) is 9.59 Å². The van der Waals surface area contributed by atoms with E-state index < -0.39 is 46.0 Å². The van der Waals surface area contributed by atoms with E-state index in [-0.39, 0.29) is 6.61 Å². The number of hydrogen-bond donors (Lipinski definition) is 1. The average Bonchev–Trinajstić information content (AvgIpc) is 2.95. The summed E-state index contributed by atoms with van der Waals surface area (Å²) in [6.45, 7) is 6.71. The Bertz CT molecular complexity index is 553. The van der Waals surface area contributed by atoms with Gasteiger partial charge in [0.1, 0.15) is 5.60 Å². The van der Waals surface area contributed by atoms with Crippen LogP contribution in [0, 0.1) is 22.0 Å². The Morgan fingerprint density at radius 1 is 1.39 bits per heavy atom. The summed E-state index contributed by atoms with van der Waals surface area (Å²) >= 11 is 0. The van der Waals surface area contributed by atoms with Gasteiger partial charge in [0.05, 0.1) is 6.61 Å².